The van der Waals surface area contributed by atoms with Crippen LogP contribution in [0.15, 0.2) is 48.5 Å². The summed E-state index contributed by atoms with van der Waals surface area (Å²) < 4.78 is 0. The van der Waals surface area contributed by atoms with Gasteiger partial charge in [0.05, 0.1) is 0 Å². The Morgan fingerprint density at radius 2 is 1.52 bits per heavy atom. The minimum absolute atomic E-state index is 0.153. The number of hydrogen-bond acceptors (Lipinski definition) is 2. The minimum atomic E-state index is -0.758. The molecule has 5 heteroatoms. The maximum absolute atomic E-state index is 13.5. The largest absolute Gasteiger partial charge is 0.351 e. The van der Waals surface area contributed by atoms with E-state index in [1.807, 2.05) is 62.4 Å². The van der Waals surface area contributed by atoms with Crippen LogP contribution in [0, 0.1) is 13.8 Å². The lowest BCUT2D eigenvalue weighted by Gasteiger charge is -2.33. The van der Waals surface area contributed by atoms with Crippen molar-refractivity contribution in [3.63, 3.8) is 0 Å². The molecule has 1 unspecified atom stereocenters. The van der Waals surface area contributed by atoms with Crippen molar-refractivity contribution in [1.82, 2.24) is 5.32 Å². The lowest BCUT2D eigenvalue weighted by atomic mass is 9.94. The van der Waals surface area contributed by atoms with Gasteiger partial charge < -0.3 is 5.32 Å². The van der Waals surface area contributed by atoms with Crippen LogP contribution in [0.5, 0.6) is 0 Å². The molecule has 1 atom stereocenters. The summed E-state index contributed by atoms with van der Waals surface area (Å²) in [4.78, 5) is 27.9. The number of anilines is 1. The Hall–Kier alpha value is -2.33. The van der Waals surface area contributed by atoms with E-state index in [9.17, 15) is 9.59 Å². The van der Waals surface area contributed by atoms with Gasteiger partial charge in [0.1, 0.15) is 11.9 Å². The van der Waals surface area contributed by atoms with E-state index in [0.717, 1.165) is 42.4 Å². The number of hydrogen-bond donors (Lipinski definition) is 1. The Morgan fingerprint density at radius 1 is 0.966 bits per heavy atom. The molecule has 1 aliphatic rings. The monoisotopic (exact) mass is 412 g/mol. The molecule has 1 fully saturated rings. The van der Waals surface area contributed by atoms with E-state index >= 15 is 0 Å². The molecule has 2 aromatic rings. The van der Waals surface area contributed by atoms with Crippen molar-refractivity contribution in [2.45, 2.75) is 58.0 Å². The van der Waals surface area contributed by atoms with E-state index in [1.165, 1.54) is 11.3 Å². The van der Waals surface area contributed by atoms with Gasteiger partial charge >= 0.3 is 0 Å². The van der Waals surface area contributed by atoms with Crippen LogP contribution in [0.2, 0.25) is 0 Å². The molecule has 2 aromatic carbocycles. The first-order valence-electron chi connectivity index (χ1n) is 10.3. The number of carbonyl (C=O) groups excluding carboxylic acids is 2. The van der Waals surface area contributed by atoms with Crippen molar-refractivity contribution in [2.75, 3.05) is 10.8 Å². The van der Waals surface area contributed by atoms with Gasteiger partial charge in [-0.3, -0.25) is 14.5 Å². The molecule has 0 bridgehead atoms. The Bertz CT molecular complexity index is 827. The highest BCUT2D eigenvalue weighted by Gasteiger charge is 2.33. The fourth-order valence-electron chi connectivity index (χ4n) is 3.90. The normalized spacial score (nSPS) is 15.6. The van der Waals surface area contributed by atoms with Gasteiger partial charge in [-0.2, -0.15) is 0 Å². The second kappa shape index (κ2) is 9.93. The number of alkyl halides is 1. The Balaban J connectivity index is 2.00. The van der Waals surface area contributed by atoms with E-state index in [-0.39, 0.29) is 23.7 Å². The molecule has 1 saturated carbocycles. The molecule has 1 N–H and O–H groups in total. The molecule has 1 aliphatic carbocycles. The summed E-state index contributed by atoms with van der Waals surface area (Å²) in [5.41, 5.74) is 3.64. The van der Waals surface area contributed by atoms with Gasteiger partial charge in [0.2, 0.25) is 11.8 Å². The predicted octanol–water partition coefficient (Wildman–Crippen LogP) is 5.07. The van der Waals surface area contributed by atoms with Crippen molar-refractivity contribution in [1.29, 1.82) is 0 Å². The number of rotatable bonds is 6. The zero-order chi connectivity index (χ0) is 20.8. The summed E-state index contributed by atoms with van der Waals surface area (Å²) in [5, 5.41) is 3.20. The van der Waals surface area contributed by atoms with Crippen molar-refractivity contribution in [3.05, 3.63) is 65.2 Å². The second-order valence-corrected chi connectivity index (χ2v) is 8.16. The standard InChI is InChI=1S/C24H29ClN2O2/c1-17-8-12-19(13-9-17)23(24(29)26-20-6-4-3-5-7-20)27(22(28)16-25)21-14-10-18(2)11-15-21/h8-15,20,23H,3-7,16H2,1-2H3,(H,26,29). The maximum Gasteiger partial charge on any atom is 0.248 e. The van der Waals surface area contributed by atoms with Crippen LogP contribution in [-0.2, 0) is 9.59 Å². The zero-order valence-corrected chi connectivity index (χ0v) is 17.9. The first-order chi connectivity index (χ1) is 14.0. The van der Waals surface area contributed by atoms with Crippen LogP contribution in [0.4, 0.5) is 5.69 Å². The van der Waals surface area contributed by atoms with Crippen molar-refractivity contribution >= 4 is 29.1 Å². The number of halogens is 1. The van der Waals surface area contributed by atoms with Gasteiger partial charge in [0.15, 0.2) is 0 Å². The Kier molecular flexibility index (Phi) is 7.32. The fourth-order valence-corrected chi connectivity index (χ4v) is 4.03. The van der Waals surface area contributed by atoms with Gasteiger partial charge in [-0.05, 0) is 44.4 Å². The van der Waals surface area contributed by atoms with Gasteiger partial charge in [-0.15, -0.1) is 11.6 Å². The molecule has 0 aromatic heterocycles. The zero-order valence-electron chi connectivity index (χ0n) is 17.2. The molecule has 0 saturated heterocycles. The van der Waals surface area contributed by atoms with Crippen LogP contribution in [0.25, 0.3) is 0 Å². The quantitative estimate of drug-likeness (QED) is 0.673. The molecule has 0 aliphatic heterocycles. The smallest absolute Gasteiger partial charge is 0.248 e. The van der Waals surface area contributed by atoms with Crippen molar-refractivity contribution in [3.8, 4) is 0 Å². The third-order valence-electron chi connectivity index (χ3n) is 5.55. The van der Waals surface area contributed by atoms with E-state index in [4.69, 9.17) is 11.6 Å². The van der Waals surface area contributed by atoms with Gasteiger partial charge in [-0.1, -0.05) is 66.8 Å². The summed E-state index contributed by atoms with van der Waals surface area (Å²) in [6.07, 6.45) is 5.44. The number of nitrogens with zero attached hydrogens (tertiary/aromatic N) is 1. The van der Waals surface area contributed by atoms with Crippen LogP contribution >= 0.6 is 11.6 Å². The second-order valence-electron chi connectivity index (χ2n) is 7.89. The fraction of sp³-hybridized carbons (Fsp3) is 0.417. The van der Waals surface area contributed by atoms with Gasteiger partial charge in [-0.25, -0.2) is 0 Å². The van der Waals surface area contributed by atoms with E-state index < -0.39 is 6.04 Å². The molecule has 0 heterocycles. The summed E-state index contributed by atoms with van der Waals surface area (Å²) >= 11 is 5.96. The number of carbonyl (C=O) groups is 2. The molecular formula is C24H29ClN2O2. The lowest BCUT2D eigenvalue weighted by Crippen LogP contribution is -2.47. The molecule has 0 radical (unpaired) electrons. The highest BCUT2D eigenvalue weighted by atomic mass is 35.5. The van der Waals surface area contributed by atoms with Crippen molar-refractivity contribution in [2.24, 2.45) is 0 Å². The molecule has 0 spiro atoms. The third-order valence-corrected chi connectivity index (χ3v) is 5.77. The molecule has 3 rings (SSSR count). The predicted molar refractivity (Wildman–Crippen MR) is 118 cm³/mol. The van der Waals surface area contributed by atoms with Crippen LogP contribution < -0.4 is 10.2 Å². The van der Waals surface area contributed by atoms with E-state index in [2.05, 4.69) is 5.32 Å². The van der Waals surface area contributed by atoms with Crippen LogP contribution in [0.1, 0.15) is 54.8 Å². The van der Waals surface area contributed by atoms with E-state index in [0.29, 0.717) is 5.69 Å². The Morgan fingerprint density at radius 3 is 2.07 bits per heavy atom. The maximum atomic E-state index is 13.5. The summed E-state index contributed by atoms with van der Waals surface area (Å²) in [7, 11) is 0. The van der Waals surface area contributed by atoms with Crippen LogP contribution in [0.3, 0.4) is 0 Å². The number of aryl methyl sites for hydroxylation is 2. The Labute approximate surface area is 178 Å². The van der Waals surface area contributed by atoms with Gasteiger partial charge in [0.25, 0.3) is 0 Å². The first-order valence-corrected chi connectivity index (χ1v) is 10.8. The summed E-state index contributed by atoms with van der Waals surface area (Å²) in [6, 6.07) is 14.8. The molecular weight excluding hydrogens is 384 g/mol. The average molecular weight is 413 g/mol. The molecule has 29 heavy (non-hydrogen) atoms. The average Bonchev–Trinajstić information content (AvgIpc) is 2.74. The van der Waals surface area contributed by atoms with Gasteiger partial charge in [0, 0.05) is 11.7 Å². The summed E-state index contributed by atoms with van der Waals surface area (Å²) in [6.45, 7) is 3.99. The number of benzene rings is 2. The topological polar surface area (TPSA) is 49.4 Å². The van der Waals surface area contributed by atoms with Crippen LogP contribution in [-0.4, -0.2) is 23.7 Å². The molecule has 154 valence electrons. The highest BCUT2D eigenvalue weighted by Crippen LogP contribution is 2.30. The SMILES string of the molecule is Cc1ccc(C(C(=O)NC2CCCCC2)N(C(=O)CCl)c2ccc(C)cc2)cc1. The highest BCUT2D eigenvalue weighted by molar-refractivity contribution is 6.29. The summed E-state index contributed by atoms with van der Waals surface area (Å²) in [5.74, 6) is -0.632. The third kappa shape index (κ3) is 5.39. The number of amides is 2. The molecule has 2 amide bonds. The first kappa shape index (κ1) is 21.4. The van der Waals surface area contributed by atoms with Crippen molar-refractivity contribution < 1.29 is 9.59 Å². The van der Waals surface area contributed by atoms with E-state index in [1.54, 1.807) is 0 Å². The lowest BCUT2D eigenvalue weighted by molar-refractivity contribution is -0.126. The number of nitrogens with one attached hydrogen (secondary N) is 1. The minimum Gasteiger partial charge on any atom is -0.351 e. The molecule has 4 nitrogen and oxygen atoms in total.